The first-order valence-corrected chi connectivity index (χ1v) is 10.3. The van der Waals surface area contributed by atoms with Crippen molar-refractivity contribution in [3.63, 3.8) is 0 Å². The van der Waals surface area contributed by atoms with Crippen molar-refractivity contribution in [2.45, 2.75) is 25.4 Å². The number of piperidine rings is 1. The Hall–Kier alpha value is -3.47. The van der Waals surface area contributed by atoms with E-state index in [0.717, 1.165) is 21.9 Å². The van der Waals surface area contributed by atoms with Crippen LogP contribution in [0.15, 0.2) is 71.7 Å². The van der Waals surface area contributed by atoms with Crippen molar-refractivity contribution in [3.8, 4) is 0 Å². The number of aliphatic imine (C=N–C) groups is 1. The number of amides is 2. The van der Waals surface area contributed by atoms with E-state index in [1.165, 1.54) is 0 Å². The Morgan fingerprint density at radius 3 is 2.40 bits per heavy atom. The number of carbonyl (C=O) groups excluding carboxylic acids is 2. The highest BCUT2D eigenvalue weighted by atomic mass is 16.2. The molecule has 1 spiro atoms. The largest absolute Gasteiger partial charge is 0.338 e. The third kappa shape index (κ3) is 3.26. The van der Waals surface area contributed by atoms with E-state index in [1.807, 2.05) is 78.6 Å². The molecule has 0 unspecified atom stereocenters. The van der Waals surface area contributed by atoms with Crippen LogP contribution in [0, 0.1) is 6.92 Å². The summed E-state index contributed by atoms with van der Waals surface area (Å²) in [7, 11) is 0. The summed E-state index contributed by atoms with van der Waals surface area (Å²) in [5.41, 5.74) is 2.57. The van der Waals surface area contributed by atoms with E-state index in [2.05, 4.69) is 5.32 Å². The minimum absolute atomic E-state index is 0.0302. The first kappa shape index (κ1) is 18.6. The van der Waals surface area contributed by atoms with E-state index in [-0.39, 0.29) is 11.8 Å². The van der Waals surface area contributed by atoms with E-state index in [9.17, 15) is 9.59 Å². The van der Waals surface area contributed by atoms with Crippen LogP contribution in [0.5, 0.6) is 0 Å². The van der Waals surface area contributed by atoms with Crippen molar-refractivity contribution in [1.82, 2.24) is 10.2 Å². The van der Waals surface area contributed by atoms with Gasteiger partial charge in [-0.05, 0) is 29.8 Å². The van der Waals surface area contributed by atoms with Crippen LogP contribution >= 0.6 is 0 Å². The van der Waals surface area contributed by atoms with Gasteiger partial charge in [0.15, 0.2) is 0 Å². The molecule has 1 fully saturated rings. The molecular formula is C25H23N3O2. The molecule has 0 saturated carbocycles. The zero-order valence-electron chi connectivity index (χ0n) is 16.9. The minimum Gasteiger partial charge on any atom is -0.338 e. The average Bonchev–Trinajstić information content (AvgIpc) is 3.09. The number of hydrogen-bond acceptors (Lipinski definition) is 3. The van der Waals surface area contributed by atoms with Gasteiger partial charge in [-0.2, -0.15) is 0 Å². The number of hydrogen-bond donors (Lipinski definition) is 1. The van der Waals surface area contributed by atoms with Gasteiger partial charge in [-0.15, -0.1) is 0 Å². The van der Waals surface area contributed by atoms with E-state index in [0.29, 0.717) is 37.2 Å². The van der Waals surface area contributed by atoms with Crippen LogP contribution < -0.4 is 5.32 Å². The van der Waals surface area contributed by atoms with Crippen molar-refractivity contribution in [1.29, 1.82) is 0 Å². The van der Waals surface area contributed by atoms with Crippen LogP contribution in [-0.4, -0.2) is 41.2 Å². The summed E-state index contributed by atoms with van der Waals surface area (Å²) >= 11 is 0. The van der Waals surface area contributed by atoms with Gasteiger partial charge in [0.2, 0.25) is 0 Å². The first-order chi connectivity index (χ1) is 14.5. The standard InChI is InChI=1S/C25H23N3O2/c1-17-6-8-19(9-7-17)22-23(29)27-25(26-22)12-14-28(15-13-25)24(30)21-11-10-18-4-2-3-5-20(18)16-21/h2-11,16H,12-15H2,1H3,(H,27,29). The van der Waals surface area contributed by atoms with Crippen LogP contribution in [0.1, 0.15) is 34.3 Å². The third-order valence-electron chi connectivity index (χ3n) is 6.09. The Bertz CT molecular complexity index is 1170. The molecule has 30 heavy (non-hydrogen) atoms. The molecule has 0 atom stereocenters. The molecule has 5 rings (SSSR count). The number of likely N-dealkylation sites (tertiary alicyclic amines) is 1. The molecule has 0 radical (unpaired) electrons. The zero-order chi connectivity index (χ0) is 20.7. The summed E-state index contributed by atoms with van der Waals surface area (Å²) in [6.45, 7) is 3.15. The fraction of sp³-hybridized carbons (Fsp3) is 0.240. The Balaban J connectivity index is 1.32. The number of rotatable bonds is 2. The summed E-state index contributed by atoms with van der Waals surface area (Å²) in [5, 5.41) is 5.26. The van der Waals surface area contributed by atoms with Crippen LogP contribution in [0.3, 0.4) is 0 Å². The van der Waals surface area contributed by atoms with Crippen molar-refractivity contribution in [2.24, 2.45) is 4.99 Å². The second-order valence-corrected chi connectivity index (χ2v) is 8.17. The lowest BCUT2D eigenvalue weighted by atomic mass is 9.97. The predicted molar refractivity (Wildman–Crippen MR) is 118 cm³/mol. The molecule has 5 nitrogen and oxygen atoms in total. The Kier molecular flexibility index (Phi) is 4.39. The highest BCUT2D eigenvalue weighted by molar-refractivity contribution is 6.46. The number of benzene rings is 3. The second-order valence-electron chi connectivity index (χ2n) is 8.17. The molecule has 1 saturated heterocycles. The molecule has 0 bridgehead atoms. The Labute approximate surface area is 175 Å². The summed E-state index contributed by atoms with van der Waals surface area (Å²) in [5.74, 6) is -0.101. The molecule has 5 heteroatoms. The molecule has 0 aromatic heterocycles. The van der Waals surface area contributed by atoms with Gasteiger partial charge in [0.05, 0.1) is 0 Å². The van der Waals surface area contributed by atoms with Crippen LogP contribution in [0.2, 0.25) is 0 Å². The molecule has 2 heterocycles. The maximum absolute atomic E-state index is 13.0. The maximum atomic E-state index is 13.0. The molecule has 2 aliphatic rings. The summed E-state index contributed by atoms with van der Waals surface area (Å²) in [6, 6.07) is 21.7. The zero-order valence-corrected chi connectivity index (χ0v) is 16.9. The molecular weight excluding hydrogens is 374 g/mol. The van der Waals surface area contributed by atoms with Gasteiger partial charge >= 0.3 is 0 Å². The molecule has 2 amide bonds. The lowest BCUT2D eigenvalue weighted by Gasteiger charge is -2.37. The highest BCUT2D eigenvalue weighted by Crippen LogP contribution is 2.30. The van der Waals surface area contributed by atoms with E-state index in [4.69, 9.17) is 4.99 Å². The summed E-state index contributed by atoms with van der Waals surface area (Å²) < 4.78 is 0. The van der Waals surface area contributed by atoms with Gasteiger partial charge in [0.25, 0.3) is 11.8 Å². The van der Waals surface area contributed by atoms with Gasteiger partial charge in [-0.3, -0.25) is 14.6 Å². The highest BCUT2D eigenvalue weighted by Gasteiger charge is 2.42. The van der Waals surface area contributed by atoms with Gasteiger partial charge in [-0.25, -0.2) is 0 Å². The van der Waals surface area contributed by atoms with Gasteiger partial charge in [-0.1, -0.05) is 60.2 Å². The third-order valence-corrected chi connectivity index (χ3v) is 6.09. The number of aryl methyl sites for hydroxylation is 1. The normalized spacial score (nSPS) is 17.8. The van der Waals surface area contributed by atoms with Gasteiger partial charge in [0.1, 0.15) is 11.4 Å². The second kappa shape index (κ2) is 7.10. The lowest BCUT2D eigenvalue weighted by Crippen LogP contribution is -2.52. The SMILES string of the molecule is Cc1ccc(C2=NC3(CCN(C(=O)c4ccc5ccccc5c4)CC3)NC2=O)cc1. The van der Waals surface area contributed by atoms with E-state index < -0.39 is 5.66 Å². The molecule has 2 aliphatic heterocycles. The van der Waals surface area contributed by atoms with Crippen molar-refractivity contribution < 1.29 is 9.59 Å². The molecule has 1 N–H and O–H groups in total. The fourth-order valence-corrected chi connectivity index (χ4v) is 4.29. The quantitative estimate of drug-likeness (QED) is 0.717. The average molecular weight is 397 g/mol. The predicted octanol–water partition coefficient (Wildman–Crippen LogP) is 3.70. The smallest absolute Gasteiger partial charge is 0.272 e. The van der Waals surface area contributed by atoms with Crippen molar-refractivity contribution in [2.75, 3.05) is 13.1 Å². The van der Waals surface area contributed by atoms with Crippen molar-refractivity contribution >= 4 is 28.3 Å². The van der Waals surface area contributed by atoms with E-state index in [1.54, 1.807) is 0 Å². The van der Waals surface area contributed by atoms with Crippen molar-refractivity contribution in [3.05, 3.63) is 83.4 Å². The maximum Gasteiger partial charge on any atom is 0.272 e. The number of nitrogens with zero attached hydrogens (tertiary/aromatic N) is 2. The number of carbonyl (C=O) groups is 2. The lowest BCUT2D eigenvalue weighted by molar-refractivity contribution is -0.115. The Morgan fingerprint density at radius 2 is 1.67 bits per heavy atom. The topological polar surface area (TPSA) is 61.8 Å². The van der Waals surface area contributed by atoms with Crippen LogP contribution in [-0.2, 0) is 4.79 Å². The number of fused-ring (bicyclic) bond motifs is 1. The monoisotopic (exact) mass is 397 g/mol. The van der Waals surface area contributed by atoms with Crippen LogP contribution in [0.4, 0.5) is 0 Å². The molecule has 3 aromatic rings. The van der Waals surface area contributed by atoms with Gasteiger partial charge in [0, 0.05) is 37.1 Å². The summed E-state index contributed by atoms with van der Waals surface area (Å²) in [6.07, 6.45) is 1.24. The van der Waals surface area contributed by atoms with Gasteiger partial charge < -0.3 is 10.2 Å². The molecule has 0 aliphatic carbocycles. The Morgan fingerprint density at radius 1 is 0.967 bits per heavy atom. The summed E-state index contributed by atoms with van der Waals surface area (Å²) in [4.78, 5) is 32.3. The first-order valence-electron chi connectivity index (χ1n) is 10.3. The van der Waals surface area contributed by atoms with Crippen LogP contribution in [0.25, 0.3) is 10.8 Å². The molecule has 3 aromatic carbocycles. The van der Waals surface area contributed by atoms with E-state index >= 15 is 0 Å². The molecule has 150 valence electrons. The minimum atomic E-state index is -0.600. The number of nitrogens with one attached hydrogen (secondary N) is 1. The fourth-order valence-electron chi connectivity index (χ4n) is 4.29.